The van der Waals surface area contributed by atoms with E-state index < -0.39 is 0 Å². The molecule has 5 heterocycles. The fourth-order valence-electron chi connectivity index (χ4n) is 4.99. The van der Waals surface area contributed by atoms with Crippen LogP contribution < -0.4 is 5.56 Å². The van der Waals surface area contributed by atoms with E-state index in [-0.39, 0.29) is 23.6 Å². The van der Waals surface area contributed by atoms with Crippen LogP contribution in [0.2, 0.25) is 0 Å². The van der Waals surface area contributed by atoms with Gasteiger partial charge in [0.05, 0.1) is 11.7 Å². The summed E-state index contributed by atoms with van der Waals surface area (Å²) in [5, 5.41) is 0. The van der Waals surface area contributed by atoms with Crippen molar-refractivity contribution in [3.05, 3.63) is 57.5 Å². The molecule has 2 aromatic rings. The zero-order chi connectivity index (χ0) is 21.2. The summed E-state index contributed by atoms with van der Waals surface area (Å²) in [5.41, 5.74) is 2.76. The summed E-state index contributed by atoms with van der Waals surface area (Å²) in [6.07, 6.45) is 8.47. The molecule has 2 saturated heterocycles. The largest absolute Gasteiger partial charge is 0.368 e. The Bertz CT molecular complexity index is 986. The number of pyridine rings is 1. The van der Waals surface area contributed by atoms with Crippen LogP contribution in [0.5, 0.6) is 0 Å². The van der Waals surface area contributed by atoms with Crippen molar-refractivity contribution in [3.8, 4) is 0 Å². The van der Waals surface area contributed by atoms with Crippen LogP contribution in [0.15, 0.2) is 29.3 Å². The smallest absolute Gasteiger partial charge is 0.254 e. The minimum Gasteiger partial charge on any atom is -0.368 e. The zero-order valence-electron chi connectivity index (χ0n) is 17.8. The molecule has 2 atom stereocenters. The predicted molar refractivity (Wildman–Crippen MR) is 114 cm³/mol. The Balaban J connectivity index is 1.38. The van der Waals surface area contributed by atoms with E-state index in [1.165, 1.54) is 5.56 Å². The van der Waals surface area contributed by atoms with E-state index >= 15 is 0 Å². The van der Waals surface area contributed by atoms with Gasteiger partial charge in [-0.2, -0.15) is 0 Å². The molecule has 0 bridgehead atoms. The molecule has 3 aliphatic heterocycles. The lowest BCUT2D eigenvalue weighted by Crippen LogP contribution is -2.45. The number of carbonyl (C=O) groups excluding carboxylic acids is 1. The average Bonchev–Trinajstić information content (AvgIpc) is 3.34. The van der Waals surface area contributed by atoms with Gasteiger partial charge in [0.1, 0.15) is 11.9 Å². The van der Waals surface area contributed by atoms with Gasteiger partial charge in [-0.1, -0.05) is 0 Å². The number of likely N-dealkylation sites (tertiary alicyclic amines) is 1. The molecule has 8 nitrogen and oxygen atoms in total. The first-order valence-electron chi connectivity index (χ1n) is 11.3. The third-order valence-electron chi connectivity index (χ3n) is 6.63. The molecule has 2 unspecified atom stereocenters. The van der Waals surface area contributed by atoms with Gasteiger partial charge in [0, 0.05) is 50.7 Å². The van der Waals surface area contributed by atoms with Crippen LogP contribution in [-0.4, -0.2) is 56.5 Å². The first-order chi connectivity index (χ1) is 15.2. The second-order valence-corrected chi connectivity index (χ2v) is 8.74. The van der Waals surface area contributed by atoms with E-state index in [1.54, 1.807) is 12.4 Å². The highest BCUT2D eigenvalue weighted by molar-refractivity contribution is 5.81. The molecule has 8 heteroatoms. The van der Waals surface area contributed by atoms with Crippen LogP contribution in [0.1, 0.15) is 60.8 Å². The number of rotatable bonds is 4. The van der Waals surface area contributed by atoms with Crippen molar-refractivity contribution in [1.82, 2.24) is 24.8 Å². The lowest BCUT2D eigenvalue weighted by Gasteiger charge is -2.37. The van der Waals surface area contributed by atoms with E-state index in [4.69, 9.17) is 9.72 Å². The fraction of sp³-hybridized carbons (Fsp3) is 0.565. The van der Waals surface area contributed by atoms with Crippen molar-refractivity contribution in [2.24, 2.45) is 0 Å². The maximum atomic E-state index is 13.1. The van der Waals surface area contributed by atoms with Crippen molar-refractivity contribution >= 4 is 5.91 Å². The maximum Gasteiger partial charge on any atom is 0.254 e. The number of amides is 1. The summed E-state index contributed by atoms with van der Waals surface area (Å²) >= 11 is 0. The van der Waals surface area contributed by atoms with E-state index in [9.17, 15) is 9.59 Å². The molecule has 1 N–H and O–H groups in total. The van der Waals surface area contributed by atoms with Gasteiger partial charge in [0.15, 0.2) is 0 Å². The Morgan fingerprint density at radius 3 is 2.84 bits per heavy atom. The molecule has 31 heavy (non-hydrogen) atoms. The molecule has 1 amide bonds. The average molecular weight is 424 g/mol. The molecular weight excluding hydrogens is 394 g/mol. The number of fused-ring (bicyclic) bond motifs is 1. The van der Waals surface area contributed by atoms with Gasteiger partial charge in [-0.05, 0) is 56.2 Å². The number of hydrogen-bond acceptors (Lipinski definition) is 6. The van der Waals surface area contributed by atoms with Gasteiger partial charge in [-0.15, -0.1) is 0 Å². The second kappa shape index (κ2) is 8.88. The monoisotopic (exact) mass is 423 g/mol. The molecule has 0 aromatic carbocycles. The van der Waals surface area contributed by atoms with Crippen LogP contribution in [0.3, 0.4) is 0 Å². The Labute approximate surface area is 181 Å². The van der Waals surface area contributed by atoms with Gasteiger partial charge in [0.25, 0.3) is 11.5 Å². The van der Waals surface area contributed by atoms with Crippen molar-refractivity contribution < 1.29 is 9.53 Å². The van der Waals surface area contributed by atoms with E-state index in [1.807, 2.05) is 17.0 Å². The SMILES string of the molecule is O=C(C1CCCO1)N1CCCCC1c1nc2c(c(=O)[nH]1)CCN(Cc1ccncc1)C2. The fourth-order valence-corrected chi connectivity index (χ4v) is 4.99. The molecule has 0 radical (unpaired) electrons. The normalized spacial score (nSPS) is 24.2. The van der Waals surface area contributed by atoms with Crippen molar-refractivity contribution in [2.45, 2.75) is 63.8 Å². The number of ether oxygens (including phenoxy) is 1. The third-order valence-corrected chi connectivity index (χ3v) is 6.63. The number of nitrogens with one attached hydrogen (secondary N) is 1. The van der Waals surface area contributed by atoms with Crippen LogP contribution in [-0.2, 0) is 29.0 Å². The summed E-state index contributed by atoms with van der Waals surface area (Å²) in [4.78, 5) is 42.2. The number of aromatic nitrogens is 3. The zero-order valence-corrected chi connectivity index (χ0v) is 17.8. The Morgan fingerprint density at radius 2 is 2.03 bits per heavy atom. The van der Waals surface area contributed by atoms with Gasteiger partial charge in [0.2, 0.25) is 0 Å². The molecular formula is C23H29N5O3. The van der Waals surface area contributed by atoms with Gasteiger partial charge in [-0.25, -0.2) is 4.98 Å². The lowest BCUT2D eigenvalue weighted by molar-refractivity contribution is -0.145. The minimum absolute atomic E-state index is 0.0434. The number of H-pyrrole nitrogens is 1. The predicted octanol–water partition coefficient (Wildman–Crippen LogP) is 1.96. The number of piperidine rings is 1. The Morgan fingerprint density at radius 1 is 1.16 bits per heavy atom. The molecule has 0 spiro atoms. The summed E-state index contributed by atoms with van der Waals surface area (Å²) in [7, 11) is 0. The first kappa shape index (κ1) is 20.3. The standard InChI is InChI=1S/C23H29N5O3/c29-22-17-8-12-27(14-16-6-9-24-10-7-16)15-18(17)25-21(26-22)19-4-1-2-11-28(19)23(30)20-5-3-13-31-20/h6-7,9-10,19-20H,1-5,8,11-15H2,(H,25,26,29). The van der Waals surface area contributed by atoms with E-state index in [2.05, 4.69) is 14.9 Å². The number of nitrogens with zero attached hydrogens (tertiary/aromatic N) is 4. The highest BCUT2D eigenvalue weighted by Gasteiger charge is 2.36. The molecule has 0 aliphatic carbocycles. The van der Waals surface area contributed by atoms with Gasteiger partial charge < -0.3 is 14.6 Å². The Hall–Kier alpha value is -2.58. The molecule has 2 aromatic heterocycles. The number of carbonyl (C=O) groups is 1. The summed E-state index contributed by atoms with van der Waals surface area (Å²) in [5.74, 6) is 0.669. The van der Waals surface area contributed by atoms with Crippen LogP contribution in [0.4, 0.5) is 0 Å². The topological polar surface area (TPSA) is 91.4 Å². The van der Waals surface area contributed by atoms with Crippen molar-refractivity contribution in [2.75, 3.05) is 19.7 Å². The van der Waals surface area contributed by atoms with E-state index in [0.29, 0.717) is 31.9 Å². The van der Waals surface area contributed by atoms with Gasteiger partial charge >= 0.3 is 0 Å². The van der Waals surface area contributed by atoms with Crippen LogP contribution in [0, 0.1) is 0 Å². The highest BCUT2D eigenvalue weighted by atomic mass is 16.5. The summed E-state index contributed by atoms with van der Waals surface area (Å²) in [6.45, 7) is 3.61. The first-order valence-corrected chi connectivity index (χ1v) is 11.3. The maximum absolute atomic E-state index is 13.1. The van der Waals surface area contributed by atoms with Crippen molar-refractivity contribution in [3.63, 3.8) is 0 Å². The highest BCUT2D eigenvalue weighted by Crippen LogP contribution is 2.31. The number of hydrogen-bond donors (Lipinski definition) is 1. The van der Waals surface area contributed by atoms with Crippen molar-refractivity contribution in [1.29, 1.82) is 0 Å². The molecule has 2 fully saturated rings. The van der Waals surface area contributed by atoms with Gasteiger partial charge in [-0.3, -0.25) is 19.5 Å². The second-order valence-electron chi connectivity index (χ2n) is 8.74. The number of aromatic amines is 1. The minimum atomic E-state index is -0.346. The summed E-state index contributed by atoms with van der Waals surface area (Å²) in [6, 6.07) is 3.85. The molecule has 164 valence electrons. The van der Waals surface area contributed by atoms with E-state index in [0.717, 1.165) is 56.5 Å². The molecule has 3 aliphatic rings. The van der Waals surface area contributed by atoms with Crippen LogP contribution in [0.25, 0.3) is 0 Å². The summed E-state index contributed by atoms with van der Waals surface area (Å²) < 4.78 is 5.64. The lowest BCUT2D eigenvalue weighted by atomic mass is 9.99. The molecule has 0 saturated carbocycles. The van der Waals surface area contributed by atoms with Crippen LogP contribution >= 0.6 is 0 Å². The third kappa shape index (κ3) is 4.27. The molecule has 5 rings (SSSR count). The Kier molecular flexibility index (Phi) is 5.82. The quantitative estimate of drug-likeness (QED) is 0.808.